The van der Waals surface area contributed by atoms with E-state index in [4.69, 9.17) is 0 Å². The van der Waals surface area contributed by atoms with Gasteiger partial charge >= 0.3 is 0 Å². The fourth-order valence-electron chi connectivity index (χ4n) is 3.20. The van der Waals surface area contributed by atoms with Gasteiger partial charge in [-0.25, -0.2) is 0 Å². The molecule has 1 aromatic heterocycles. The first kappa shape index (κ1) is 14.4. The van der Waals surface area contributed by atoms with Crippen molar-refractivity contribution in [2.45, 2.75) is 12.5 Å². The third-order valence-corrected chi connectivity index (χ3v) is 4.19. The first-order valence-electron chi connectivity index (χ1n) is 7.41. The summed E-state index contributed by atoms with van der Waals surface area (Å²) in [7, 11) is 1.82. The zero-order valence-electron chi connectivity index (χ0n) is 12.8. The molecule has 1 N–H and O–H groups in total. The molecule has 3 heterocycles. The second kappa shape index (κ2) is 5.15. The predicted molar refractivity (Wildman–Crippen MR) is 84.2 cm³/mol. The Morgan fingerprint density at radius 3 is 3.00 bits per heavy atom. The Bertz CT molecular complexity index is 887. The Kier molecular flexibility index (Phi) is 3.08. The van der Waals surface area contributed by atoms with Gasteiger partial charge in [0.15, 0.2) is 0 Å². The highest BCUT2D eigenvalue weighted by molar-refractivity contribution is 5.84. The van der Waals surface area contributed by atoms with Gasteiger partial charge < -0.3 is 15.2 Å². The van der Waals surface area contributed by atoms with E-state index in [2.05, 4.69) is 15.5 Å². The highest BCUT2D eigenvalue weighted by atomic mass is 16.4. The van der Waals surface area contributed by atoms with Crippen LogP contribution in [0.15, 0.2) is 29.6 Å². The number of anilines is 2. The van der Waals surface area contributed by atoms with Gasteiger partial charge in [0.1, 0.15) is 6.09 Å². The van der Waals surface area contributed by atoms with E-state index in [1.807, 2.05) is 13.2 Å². The Morgan fingerprint density at radius 2 is 2.29 bits per heavy atom. The number of aromatic nitrogens is 2. The normalized spacial score (nSPS) is 18.5. The van der Waals surface area contributed by atoms with Gasteiger partial charge in [0.05, 0.1) is 24.3 Å². The summed E-state index contributed by atoms with van der Waals surface area (Å²) in [5, 5.41) is 23.4. The Labute approximate surface area is 136 Å². The molecular weight excluding hydrogens is 312 g/mol. The number of nitrogens with one attached hydrogen (secondary N) is 1. The number of hydrazone groups is 1. The number of nitroso groups, excluding NO2 is 1. The lowest BCUT2D eigenvalue weighted by Gasteiger charge is -2.17. The van der Waals surface area contributed by atoms with Crippen molar-refractivity contribution in [1.82, 2.24) is 9.78 Å². The number of benzene rings is 1. The number of carboxylic acid groups (broad SMARTS) is 1. The topological polar surface area (TPSA) is 106 Å². The molecule has 122 valence electrons. The minimum atomic E-state index is -1.41. The van der Waals surface area contributed by atoms with Crippen molar-refractivity contribution >= 4 is 29.4 Å². The van der Waals surface area contributed by atoms with Crippen LogP contribution in [0.3, 0.4) is 0 Å². The van der Waals surface area contributed by atoms with Gasteiger partial charge in [-0.3, -0.25) is 9.69 Å². The van der Waals surface area contributed by atoms with Crippen LogP contribution in [0.4, 0.5) is 21.9 Å². The molecule has 0 aliphatic carbocycles. The molecule has 0 saturated carbocycles. The first-order valence-corrected chi connectivity index (χ1v) is 7.41. The number of amides is 1. The van der Waals surface area contributed by atoms with E-state index in [0.717, 1.165) is 21.6 Å². The van der Waals surface area contributed by atoms with Crippen molar-refractivity contribution in [2.24, 2.45) is 12.1 Å². The number of carbonyl (C=O) groups is 1. The summed E-state index contributed by atoms with van der Waals surface area (Å²) >= 11 is 0. The van der Waals surface area contributed by atoms with Gasteiger partial charge in [-0.1, -0.05) is 0 Å². The number of rotatable bonds is 2. The van der Waals surface area contributed by atoms with Crippen LogP contribution in [0.2, 0.25) is 0 Å². The summed E-state index contributed by atoms with van der Waals surface area (Å²) in [5.41, 5.74) is 3.35. The minimum absolute atomic E-state index is 0.119. The SMILES string of the molecule is Cn1cc(N2Cc3cc(NC(=O)[O-])cc4c3C(C=N2)C[N+]4=O)cn1. The zero-order valence-corrected chi connectivity index (χ0v) is 12.8. The molecule has 1 unspecified atom stereocenters. The average molecular weight is 326 g/mol. The van der Waals surface area contributed by atoms with Crippen molar-refractivity contribution in [3.63, 3.8) is 0 Å². The largest absolute Gasteiger partial charge is 0.530 e. The maximum atomic E-state index is 12.2. The molecular formula is C15H14N6O3. The van der Waals surface area contributed by atoms with Crippen molar-refractivity contribution in [3.8, 4) is 0 Å². The second-order valence-corrected chi connectivity index (χ2v) is 5.84. The quantitative estimate of drug-likeness (QED) is 0.817. The van der Waals surface area contributed by atoms with Gasteiger partial charge in [0.2, 0.25) is 6.54 Å². The fraction of sp³-hybridized carbons (Fsp3) is 0.267. The smallest absolute Gasteiger partial charge is 0.262 e. The number of aryl methyl sites for hydroxylation is 1. The molecule has 0 radical (unpaired) electrons. The van der Waals surface area contributed by atoms with Gasteiger partial charge in [-0.15, -0.1) is 0 Å². The molecule has 2 aromatic rings. The molecule has 2 aliphatic rings. The van der Waals surface area contributed by atoms with Crippen molar-refractivity contribution in [2.75, 3.05) is 16.9 Å². The summed E-state index contributed by atoms with van der Waals surface area (Å²) < 4.78 is 2.55. The number of hydrogen-bond donors (Lipinski definition) is 1. The lowest BCUT2D eigenvalue weighted by Crippen LogP contribution is -2.28. The third kappa shape index (κ3) is 2.30. The molecule has 0 bridgehead atoms. The van der Waals surface area contributed by atoms with Crippen molar-refractivity contribution < 1.29 is 14.7 Å². The van der Waals surface area contributed by atoms with Crippen molar-refractivity contribution in [3.05, 3.63) is 40.6 Å². The van der Waals surface area contributed by atoms with Gasteiger partial charge in [0, 0.05) is 46.4 Å². The van der Waals surface area contributed by atoms with Crippen LogP contribution in [0.5, 0.6) is 0 Å². The molecule has 1 atom stereocenters. The molecule has 4 rings (SSSR count). The van der Waals surface area contributed by atoms with E-state index < -0.39 is 6.09 Å². The van der Waals surface area contributed by atoms with E-state index >= 15 is 0 Å². The lowest BCUT2D eigenvalue weighted by molar-refractivity contribution is -0.452. The highest BCUT2D eigenvalue weighted by Gasteiger charge is 2.40. The van der Waals surface area contributed by atoms with Gasteiger partial charge in [-0.05, 0) is 11.6 Å². The van der Waals surface area contributed by atoms with Crippen LogP contribution < -0.4 is 15.4 Å². The van der Waals surface area contributed by atoms with Crippen LogP contribution in [0.1, 0.15) is 17.0 Å². The van der Waals surface area contributed by atoms with E-state index in [9.17, 15) is 14.8 Å². The van der Waals surface area contributed by atoms with Gasteiger partial charge in [0.25, 0.3) is 5.69 Å². The molecule has 24 heavy (non-hydrogen) atoms. The van der Waals surface area contributed by atoms with Crippen LogP contribution in [0.25, 0.3) is 0 Å². The molecule has 9 nitrogen and oxygen atoms in total. The van der Waals surface area contributed by atoms with E-state index in [1.165, 1.54) is 6.07 Å². The summed E-state index contributed by atoms with van der Waals surface area (Å²) in [6, 6.07) is 3.26. The number of hydrogen-bond acceptors (Lipinski definition) is 6. The first-order chi connectivity index (χ1) is 11.5. The highest BCUT2D eigenvalue weighted by Crippen LogP contribution is 2.41. The Hall–Kier alpha value is -3.23. The zero-order chi connectivity index (χ0) is 16.8. The standard InChI is InChI=1S/C15H14N6O3/c1-19-8-12(5-16-19)20-6-9-2-11(18-15(22)23)3-13-14(9)10(4-17-20)7-21(13)24/h2-5,8,10,18H,6-7H2,1H3. The van der Waals surface area contributed by atoms with Crippen molar-refractivity contribution in [1.29, 1.82) is 0 Å². The van der Waals surface area contributed by atoms with Gasteiger partial charge in [-0.2, -0.15) is 10.2 Å². The van der Waals surface area contributed by atoms with Crippen LogP contribution in [-0.2, 0) is 13.6 Å². The molecule has 9 heteroatoms. The summed E-state index contributed by atoms with van der Waals surface area (Å²) in [5.74, 6) is -0.119. The molecule has 0 saturated heterocycles. The van der Waals surface area contributed by atoms with E-state index in [-0.39, 0.29) is 12.5 Å². The summed E-state index contributed by atoms with van der Waals surface area (Å²) in [6.07, 6.45) is 3.88. The molecule has 0 spiro atoms. The number of carbonyl (C=O) groups excluding carboxylic acids is 1. The summed E-state index contributed by atoms with van der Waals surface area (Å²) in [6.45, 7) is 0.679. The third-order valence-electron chi connectivity index (χ3n) is 4.19. The minimum Gasteiger partial charge on any atom is -0.530 e. The molecule has 0 fully saturated rings. The van der Waals surface area contributed by atoms with Crippen LogP contribution in [0, 0.1) is 4.91 Å². The Balaban J connectivity index is 1.80. The maximum absolute atomic E-state index is 12.2. The van der Waals surface area contributed by atoms with Crippen LogP contribution >= 0.6 is 0 Å². The second-order valence-electron chi connectivity index (χ2n) is 5.84. The average Bonchev–Trinajstić information content (AvgIpc) is 3.02. The Morgan fingerprint density at radius 1 is 1.46 bits per heavy atom. The summed E-state index contributed by atoms with van der Waals surface area (Å²) in [4.78, 5) is 23.0. The molecule has 1 amide bonds. The monoisotopic (exact) mass is 326 g/mol. The number of nitrogens with zero attached hydrogens (tertiary/aromatic N) is 5. The van der Waals surface area contributed by atoms with E-state index in [1.54, 1.807) is 28.2 Å². The fourth-order valence-corrected chi connectivity index (χ4v) is 3.20. The predicted octanol–water partition coefficient (Wildman–Crippen LogP) is 0.689. The van der Waals surface area contributed by atoms with Crippen LogP contribution in [-0.4, -0.2) is 33.4 Å². The molecule has 2 aliphatic heterocycles. The van der Waals surface area contributed by atoms with E-state index in [0.29, 0.717) is 17.9 Å². The maximum Gasteiger partial charge on any atom is 0.262 e. The molecule has 1 aromatic carbocycles. The lowest BCUT2D eigenvalue weighted by atomic mass is 9.96.